The SMILES string of the molecule is CC1SCC(c2noc(-c3cccc(Br)c3N)n2)SC1C. The molecule has 112 valence electrons. The second kappa shape index (κ2) is 6.22. The van der Waals surface area contributed by atoms with Crippen LogP contribution in [0.3, 0.4) is 0 Å². The lowest BCUT2D eigenvalue weighted by Crippen LogP contribution is -2.22. The second-order valence-electron chi connectivity index (χ2n) is 5.03. The van der Waals surface area contributed by atoms with Crippen molar-refractivity contribution in [1.82, 2.24) is 10.1 Å². The predicted octanol–water partition coefficient (Wildman–Crippen LogP) is 4.38. The van der Waals surface area contributed by atoms with Crippen LogP contribution in [0, 0.1) is 0 Å². The summed E-state index contributed by atoms with van der Waals surface area (Å²) >= 11 is 7.30. The van der Waals surface area contributed by atoms with Gasteiger partial charge in [0.05, 0.1) is 16.5 Å². The minimum absolute atomic E-state index is 0.284. The number of hydrogen-bond acceptors (Lipinski definition) is 6. The maximum atomic E-state index is 6.06. The van der Waals surface area contributed by atoms with Gasteiger partial charge in [-0.1, -0.05) is 25.1 Å². The molecule has 21 heavy (non-hydrogen) atoms. The molecule has 1 aromatic heterocycles. The van der Waals surface area contributed by atoms with Gasteiger partial charge in [0, 0.05) is 20.7 Å². The van der Waals surface area contributed by atoms with E-state index in [1.807, 2.05) is 41.7 Å². The summed E-state index contributed by atoms with van der Waals surface area (Å²) < 4.78 is 6.26. The van der Waals surface area contributed by atoms with E-state index in [1.165, 1.54) is 0 Å². The number of benzene rings is 1. The highest BCUT2D eigenvalue weighted by Crippen LogP contribution is 2.43. The Balaban J connectivity index is 1.85. The highest BCUT2D eigenvalue weighted by molar-refractivity contribution is 9.10. The third-order valence-corrected chi connectivity index (χ3v) is 7.64. The lowest BCUT2D eigenvalue weighted by molar-refractivity contribution is 0.423. The Labute approximate surface area is 140 Å². The monoisotopic (exact) mass is 385 g/mol. The van der Waals surface area contributed by atoms with E-state index < -0.39 is 0 Å². The zero-order valence-electron chi connectivity index (χ0n) is 11.7. The van der Waals surface area contributed by atoms with Crippen molar-refractivity contribution in [3.05, 3.63) is 28.5 Å². The van der Waals surface area contributed by atoms with Gasteiger partial charge in [0.15, 0.2) is 5.82 Å². The molecule has 0 aliphatic carbocycles. The zero-order chi connectivity index (χ0) is 15.0. The Kier molecular flexibility index (Phi) is 4.51. The van der Waals surface area contributed by atoms with Crippen LogP contribution in [0.15, 0.2) is 27.2 Å². The normalized spacial score (nSPS) is 26.0. The van der Waals surface area contributed by atoms with Crippen molar-refractivity contribution in [2.45, 2.75) is 29.6 Å². The van der Waals surface area contributed by atoms with E-state index >= 15 is 0 Å². The summed E-state index contributed by atoms with van der Waals surface area (Å²) in [6.45, 7) is 4.52. The number of nitrogen functional groups attached to an aromatic ring is 1. The molecule has 1 aliphatic heterocycles. The first-order valence-corrected chi connectivity index (χ1v) is 9.49. The van der Waals surface area contributed by atoms with Gasteiger partial charge in [-0.25, -0.2) is 0 Å². The minimum atomic E-state index is 0.284. The van der Waals surface area contributed by atoms with E-state index in [0.29, 0.717) is 22.1 Å². The van der Waals surface area contributed by atoms with Gasteiger partial charge in [-0.05, 0) is 28.1 Å². The van der Waals surface area contributed by atoms with Crippen molar-refractivity contribution in [1.29, 1.82) is 0 Å². The summed E-state index contributed by atoms with van der Waals surface area (Å²) in [6, 6.07) is 5.70. The standard InChI is InChI=1S/C14H16BrN3OS2/c1-7-8(2)21-11(6-20-7)13-17-14(19-18-13)9-4-3-5-10(15)12(9)16/h3-5,7-8,11H,6,16H2,1-2H3. The smallest absolute Gasteiger partial charge is 0.260 e. The first-order chi connectivity index (χ1) is 10.1. The fourth-order valence-electron chi connectivity index (χ4n) is 2.12. The van der Waals surface area contributed by atoms with Crippen LogP contribution < -0.4 is 5.73 Å². The van der Waals surface area contributed by atoms with Crippen LogP contribution in [0.1, 0.15) is 24.9 Å². The molecule has 0 spiro atoms. The summed E-state index contributed by atoms with van der Waals surface area (Å²) in [7, 11) is 0. The first-order valence-electron chi connectivity index (χ1n) is 6.71. The Hall–Kier alpha value is -0.660. The Morgan fingerprint density at radius 1 is 1.33 bits per heavy atom. The van der Waals surface area contributed by atoms with E-state index in [2.05, 4.69) is 39.9 Å². The fraction of sp³-hybridized carbons (Fsp3) is 0.429. The van der Waals surface area contributed by atoms with Crippen molar-refractivity contribution < 1.29 is 4.52 Å². The molecule has 0 amide bonds. The van der Waals surface area contributed by atoms with Crippen LogP contribution in [0.2, 0.25) is 0 Å². The van der Waals surface area contributed by atoms with Crippen molar-refractivity contribution in [2.75, 3.05) is 11.5 Å². The van der Waals surface area contributed by atoms with Crippen LogP contribution >= 0.6 is 39.5 Å². The number of hydrogen-bond donors (Lipinski definition) is 1. The number of para-hydroxylation sites is 1. The number of nitrogens with zero attached hydrogens (tertiary/aromatic N) is 2. The number of nitrogens with two attached hydrogens (primary N) is 1. The molecular formula is C14H16BrN3OS2. The maximum absolute atomic E-state index is 6.06. The van der Waals surface area contributed by atoms with Gasteiger partial charge in [-0.3, -0.25) is 0 Å². The average molecular weight is 386 g/mol. The third kappa shape index (κ3) is 3.10. The van der Waals surface area contributed by atoms with Crippen molar-refractivity contribution in [3.8, 4) is 11.5 Å². The quantitative estimate of drug-likeness (QED) is 0.773. The third-order valence-electron chi connectivity index (χ3n) is 3.56. The number of rotatable bonds is 2. The molecule has 4 nitrogen and oxygen atoms in total. The van der Waals surface area contributed by atoms with Crippen molar-refractivity contribution in [2.24, 2.45) is 0 Å². The van der Waals surface area contributed by atoms with Crippen LogP contribution in [-0.4, -0.2) is 26.4 Å². The lowest BCUT2D eigenvalue weighted by Gasteiger charge is -2.29. The first kappa shape index (κ1) is 15.2. The topological polar surface area (TPSA) is 64.9 Å². The maximum Gasteiger partial charge on any atom is 0.260 e. The number of aromatic nitrogens is 2. The van der Waals surface area contributed by atoms with Gasteiger partial charge in [0.1, 0.15) is 0 Å². The van der Waals surface area contributed by atoms with Crippen LogP contribution in [-0.2, 0) is 0 Å². The summed E-state index contributed by atoms with van der Waals surface area (Å²) in [5.41, 5.74) is 7.46. The highest BCUT2D eigenvalue weighted by atomic mass is 79.9. The number of halogens is 1. The zero-order valence-corrected chi connectivity index (χ0v) is 15.0. The van der Waals surface area contributed by atoms with Crippen molar-refractivity contribution in [3.63, 3.8) is 0 Å². The largest absolute Gasteiger partial charge is 0.397 e. The Morgan fingerprint density at radius 3 is 2.90 bits per heavy atom. The molecule has 0 saturated carbocycles. The molecule has 3 atom stereocenters. The molecule has 2 aromatic rings. The summed E-state index contributed by atoms with van der Waals surface area (Å²) in [6.07, 6.45) is 0. The van der Waals surface area contributed by atoms with Gasteiger partial charge in [0.2, 0.25) is 0 Å². The van der Waals surface area contributed by atoms with Gasteiger partial charge in [-0.15, -0.1) is 11.8 Å². The van der Waals surface area contributed by atoms with Gasteiger partial charge in [-0.2, -0.15) is 16.7 Å². The van der Waals surface area contributed by atoms with Gasteiger partial charge >= 0.3 is 0 Å². The van der Waals surface area contributed by atoms with Crippen molar-refractivity contribution >= 4 is 45.1 Å². The molecule has 0 bridgehead atoms. The molecular weight excluding hydrogens is 370 g/mol. The van der Waals surface area contributed by atoms with Crippen LogP contribution in [0.4, 0.5) is 5.69 Å². The molecule has 3 unspecified atom stereocenters. The molecule has 1 aromatic carbocycles. The summed E-state index contributed by atoms with van der Waals surface area (Å²) in [4.78, 5) is 4.55. The number of thioether (sulfide) groups is 2. The minimum Gasteiger partial charge on any atom is -0.397 e. The molecule has 3 rings (SSSR count). The van der Waals surface area contributed by atoms with E-state index in [4.69, 9.17) is 10.3 Å². The fourth-order valence-corrected chi connectivity index (χ4v) is 5.32. The Bertz CT molecular complexity index is 649. The van der Waals surface area contributed by atoms with E-state index in [1.54, 1.807) is 0 Å². The molecule has 2 heterocycles. The van der Waals surface area contributed by atoms with Crippen LogP contribution in [0.25, 0.3) is 11.5 Å². The molecule has 1 fully saturated rings. The summed E-state index contributed by atoms with van der Waals surface area (Å²) in [5, 5.41) is 5.69. The van der Waals surface area contributed by atoms with Gasteiger partial charge < -0.3 is 10.3 Å². The molecule has 2 N–H and O–H groups in total. The molecule has 0 radical (unpaired) electrons. The highest BCUT2D eigenvalue weighted by Gasteiger charge is 2.30. The molecule has 1 aliphatic rings. The lowest BCUT2D eigenvalue weighted by atomic mass is 10.2. The predicted molar refractivity (Wildman–Crippen MR) is 93.6 cm³/mol. The van der Waals surface area contributed by atoms with E-state index in [9.17, 15) is 0 Å². The second-order valence-corrected chi connectivity index (χ2v) is 8.88. The average Bonchev–Trinajstić information content (AvgIpc) is 2.94. The summed E-state index contributed by atoms with van der Waals surface area (Å²) in [5.74, 6) is 2.27. The van der Waals surface area contributed by atoms with E-state index in [0.717, 1.165) is 21.6 Å². The molecule has 1 saturated heterocycles. The van der Waals surface area contributed by atoms with E-state index in [-0.39, 0.29) is 5.25 Å². The van der Waals surface area contributed by atoms with Crippen LogP contribution in [0.5, 0.6) is 0 Å². The Morgan fingerprint density at radius 2 is 2.14 bits per heavy atom. The number of anilines is 1. The van der Waals surface area contributed by atoms with Gasteiger partial charge in [0.25, 0.3) is 5.89 Å². The molecule has 7 heteroatoms.